The standard InChI is InChI=1S/C18H16BrN3O/c19-17-3-1-15(2-4-17)5-8-18(23,13-22-12-11-21-14-22)16-6-9-20-10-7-16/h1-12,14,23H,13H2/b8-5-/t18-/m0/s1. The van der Waals surface area contributed by atoms with Crippen molar-refractivity contribution in [3.05, 3.63) is 89.2 Å². The third-order valence-corrected chi connectivity index (χ3v) is 4.11. The van der Waals surface area contributed by atoms with Crippen molar-refractivity contribution in [3.8, 4) is 0 Å². The Kier molecular flexibility index (Phi) is 4.69. The topological polar surface area (TPSA) is 50.9 Å². The highest BCUT2D eigenvalue weighted by atomic mass is 79.9. The molecule has 1 N–H and O–H groups in total. The van der Waals surface area contributed by atoms with Crippen LogP contribution >= 0.6 is 15.9 Å². The van der Waals surface area contributed by atoms with Crippen molar-refractivity contribution in [2.75, 3.05) is 0 Å². The molecule has 0 aliphatic carbocycles. The van der Waals surface area contributed by atoms with Gasteiger partial charge >= 0.3 is 0 Å². The first kappa shape index (κ1) is 15.6. The molecule has 0 unspecified atom stereocenters. The Hall–Kier alpha value is -2.24. The molecule has 2 heterocycles. The summed E-state index contributed by atoms with van der Waals surface area (Å²) in [6, 6.07) is 11.6. The quantitative estimate of drug-likeness (QED) is 0.746. The van der Waals surface area contributed by atoms with E-state index in [0.717, 1.165) is 15.6 Å². The van der Waals surface area contributed by atoms with Crippen LogP contribution in [0.25, 0.3) is 6.08 Å². The smallest absolute Gasteiger partial charge is 0.126 e. The summed E-state index contributed by atoms with van der Waals surface area (Å²) >= 11 is 3.42. The molecule has 3 aromatic rings. The molecule has 1 atom stereocenters. The molecule has 0 radical (unpaired) electrons. The van der Waals surface area contributed by atoms with Crippen LogP contribution in [0.3, 0.4) is 0 Å². The third-order valence-electron chi connectivity index (χ3n) is 3.58. The molecule has 4 nitrogen and oxygen atoms in total. The second kappa shape index (κ2) is 6.89. The number of benzene rings is 1. The van der Waals surface area contributed by atoms with E-state index >= 15 is 0 Å². The average molecular weight is 370 g/mol. The van der Waals surface area contributed by atoms with Crippen LogP contribution in [0.15, 0.2) is 78.1 Å². The van der Waals surface area contributed by atoms with E-state index in [0.29, 0.717) is 6.54 Å². The lowest BCUT2D eigenvalue weighted by Gasteiger charge is -2.25. The molecular weight excluding hydrogens is 354 g/mol. The van der Waals surface area contributed by atoms with Crippen molar-refractivity contribution in [2.24, 2.45) is 0 Å². The van der Waals surface area contributed by atoms with Crippen LogP contribution in [0.1, 0.15) is 11.1 Å². The number of rotatable bonds is 5. The van der Waals surface area contributed by atoms with Crippen molar-refractivity contribution in [2.45, 2.75) is 12.1 Å². The maximum absolute atomic E-state index is 11.2. The number of hydrogen-bond acceptors (Lipinski definition) is 3. The molecule has 2 aromatic heterocycles. The number of nitrogens with zero attached hydrogens (tertiary/aromatic N) is 3. The van der Waals surface area contributed by atoms with E-state index in [1.807, 2.05) is 59.3 Å². The number of aliphatic hydroxyl groups is 1. The van der Waals surface area contributed by atoms with E-state index in [1.54, 1.807) is 24.9 Å². The highest BCUT2D eigenvalue weighted by molar-refractivity contribution is 9.10. The summed E-state index contributed by atoms with van der Waals surface area (Å²) in [6.45, 7) is 0.379. The summed E-state index contributed by atoms with van der Waals surface area (Å²) in [7, 11) is 0. The molecule has 0 spiro atoms. The van der Waals surface area contributed by atoms with Gasteiger partial charge in [-0.05, 0) is 41.5 Å². The van der Waals surface area contributed by atoms with E-state index in [4.69, 9.17) is 0 Å². The predicted molar refractivity (Wildman–Crippen MR) is 93.5 cm³/mol. The Bertz CT molecular complexity index is 770. The van der Waals surface area contributed by atoms with E-state index in [-0.39, 0.29) is 0 Å². The number of imidazole rings is 1. The molecule has 0 amide bonds. The number of hydrogen-bond donors (Lipinski definition) is 1. The molecule has 23 heavy (non-hydrogen) atoms. The number of pyridine rings is 1. The van der Waals surface area contributed by atoms with Crippen LogP contribution in [-0.2, 0) is 12.1 Å². The van der Waals surface area contributed by atoms with Gasteiger partial charge in [0, 0.05) is 29.3 Å². The van der Waals surface area contributed by atoms with Gasteiger partial charge in [-0.2, -0.15) is 0 Å². The SMILES string of the molecule is O[C@@](/C=C\c1ccc(Br)cc1)(Cn1ccnc1)c1ccncc1. The van der Waals surface area contributed by atoms with Gasteiger partial charge in [0.05, 0.1) is 12.9 Å². The van der Waals surface area contributed by atoms with Crippen LogP contribution in [0.4, 0.5) is 0 Å². The minimum absolute atomic E-state index is 0.379. The van der Waals surface area contributed by atoms with E-state index in [1.165, 1.54) is 0 Å². The Labute approximate surface area is 143 Å². The van der Waals surface area contributed by atoms with Gasteiger partial charge in [0.2, 0.25) is 0 Å². The van der Waals surface area contributed by atoms with Crippen molar-refractivity contribution < 1.29 is 5.11 Å². The van der Waals surface area contributed by atoms with Crippen molar-refractivity contribution in [1.82, 2.24) is 14.5 Å². The fraction of sp³-hybridized carbons (Fsp3) is 0.111. The van der Waals surface area contributed by atoms with E-state index in [2.05, 4.69) is 25.9 Å². The van der Waals surface area contributed by atoms with Gasteiger partial charge in [0.1, 0.15) is 5.60 Å². The maximum atomic E-state index is 11.2. The molecule has 5 heteroatoms. The first-order chi connectivity index (χ1) is 11.2. The lowest BCUT2D eigenvalue weighted by atomic mass is 9.93. The minimum Gasteiger partial charge on any atom is -0.379 e. The molecule has 0 saturated heterocycles. The van der Waals surface area contributed by atoms with Gasteiger partial charge in [0.15, 0.2) is 0 Å². The normalized spacial score (nSPS) is 14.0. The van der Waals surface area contributed by atoms with E-state index in [9.17, 15) is 5.11 Å². The summed E-state index contributed by atoms with van der Waals surface area (Å²) in [4.78, 5) is 8.06. The molecular formula is C18H16BrN3O. The first-order valence-electron chi connectivity index (χ1n) is 7.19. The zero-order valence-electron chi connectivity index (χ0n) is 12.4. The fourth-order valence-electron chi connectivity index (χ4n) is 2.35. The fourth-order valence-corrected chi connectivity index (χ4v) is 2.61. The Morgan fingerprint density at radius 2 is 1.78 bits per heavy atom. The maximum Gasteiger partial charge on any atom is 0.126 e. The molecule has 1 aromatic carbocycles. The van der Waals surface area contributed by atoms with Gasteiger partial charge in [-0.1, -0.05) is 34.1 Å². The molecule has 0 saturated carbocycles. The Morgan fingerprint density at radius 1 is 1.04 bits per heavy atom. The van der Waals surface area contributed by atoms with Crippen LogP contribution in [-0.4, -0.2) is 19.6 Å². The molecule has 0 bridgehead atoms. The Morgan fingerprint density at radius 3 is 2.43 bits per heavy atom. The van der Waals surface area contributed by atoms with Gasteiger partial charge < -0.3 is 9.67 Å². The minimum atomic E-state index is -1.14. The molecule has 0 aliphatic heterocycles. The van der Waals surface area contributed by atoms with Crippen LogP contribution in [0.2, 0.25) is 0 Å². The summed E-state index contributed by atoms with van der Waals surface area (Å²) in [5, 5.41) is 11.2. The van der Waals surface area contributed by atoms with Gasteiger partial charge in [-0.3, -0.25) is 4.98 Å². The zero-order valence-corrected chi connectivity index (χ0v) is 14.0. The third kappa shape index (κ3) is 3.94. The summed E-state index contributed by atoms with van der Waals surface area (Å²) in [5.74, 6) is 0. The zero-order chi connectivity index (χ0) is 16.1. The van der Waals surface area contributed by atoms with Crippen LogP contribution < -0.4 is 0 Å². The lowest BCUT2D eigenvalue weighted by molar-refractivity contribution is 0.0703. The monoisotopic (exact) mass is 369 g/mol. The number of aromatic nitrogens is 3. The van der Waals surface area contributed by atoms with Gasteiger partial charge in [0.25, 0.3) is 0 Å². The van der Waals surface area contributed by atoms with Gasteiger partial charge in [-0.15, -0.1) is 0 Å². The van der Waals surface area contributed by atoms with Crippen molar-refractivity contribution in [1.29, 1.82) is 0 Å². The van der Waals surface area contributed by atoms with Crippen LogP contribution in [0, 0.1) is 0 Å². The highest BCUT2D eigenvalue weighted by Crippen LogP contribution is 2.26. The summed E-state index contributed by atoms with van der Waals surface area (Å²) in [6.07, 6.45) is 12.3. The largest absolute Gasteiger partial charge is 0.379 e. The second-order valence-corrected chi connectivity index (χ2v) is 6.20. The van der Waals surface area contributed by atoms with Crippen molar-refractivity contribution in [3.63, 3.8) is 0 Å². The molecule has 0 fully saturated rings. The van der Waals surface area contributed by atoms with Crippen molar-refractivity contribution >= 4 is 22.0 Å². The molecule has 3 rings (SSSR count). The average Bonchev–Trinajstić information content (AvgIpc) is 3.08. The summed E-state index contributed by atoms with van der Waals surface area (Å²) in [5.41, 5.74) is 0.664. The van der Waals surface area contributed by atoms with Gasteiger partial charge in [-0.25, -0.2) is 4.98 Å². The Balaban J connectivity index is 1.93. The van der Waals surface area contributed by atoms with E-state index < -0.39 is 5.60 Å². The highest BCUT2D eigenvalue weighted by Gasteiger charge is 2.26. The second-order valence-electron chi connectivity index (χ2n) is 5.28. The summed E-state index contributed by atoms with van der Waals surface area (Å²) < 4.78 is 2.88. The van der Waals surface area contributed by atoms with Crippen LogP contribution in [0.5, 0.6) is 0 Å². The lowest BCUT2D eigenvalue weighted by Crippen LogP contribution is -2.28. The first-order valence-corrected chi connectivity index (χ1v) is 7.98. The predicted octanol–water partition coefficient (Wildman–Crippen LogP) is 3.64. The molecule has 116 valence electrons. The number of halogens is 1. The molecule has 0 aliphatic rings.